The SMILES string of the molecule is CN(C)C1(c2cccc(F)c2)CCC2(CC1)CNC(=O)N2CC1CCC1. The van der Waals surface area contributed by atoms with Crippen LogP contribution in [0.5, 0.6) is 0 Å². The molecule has 0 bridgehead atoms. The van der Waals surface area contributed by atoms with E-state index in [1.165, 1.54) is 25.3 Å². The second-order valence-corrected chi connectivity index (χ2v) is 8.73. The van der Waals surface area contributed by atoms with Crippen LogP contribution < -0.4 is 5.32 Å². The van der Waals surface area contributed by atoms with Crippen LogP contribution in [0.25, 0.3) is 0 Å². The van der Waals surface area contributed by atoms with Crippen LogP contribution in [0.3, 0.4) is 0 Å². The molecule has 0 radical (unpaired) electrons. The third kappa shape index (κ3) is 2.81. The van der Waals surface area contributed by atoms with E-state index in [0.717, 1.165) is 44.3 Å². The van der Waals surface area contributed by atoms with Crippen LogP contribution in [0, 0.1) is 11.7 Å². The second kappa shape index (κ2) is 6.52. The highest BCUT2D eigenvalue weighted by Gasteiger charge is 2.52. The fourth-order valence-corrected chi connectivity index (χ4v) is 5.20. The Bertz CT molecular complexity index is 678. The van der Waals surface area contributed by atoms with Crippen molar-refractivity contribution in [1.29, 1.82) is 0 Å². The minimum absolute atomic E-state index is 0.0560. The molecule has 142 valence electrons. The number of amides is 2. The number of nitrogens with zero attached hydrogens (tertiary/aromatic N) is 2. The van der Waals surface area contributed by atoms with Crippen molar-refractivity contribution in [2.45, 2.75) is 56.0 Å². The van der Waals surface area contributed by atoms with Gasteiger partial charge < -0.3 is 10.2 Å². The van der Waals surface area contributed by atoms with Crippen LogP contribution in [0.4, 0.5) is 9.18 Å². The lowest BCUT2D eigenvalue weighted by atomic mass is 9.68. The zero-order chi connectivity index (χ0) is 18.4. The van der Waals surface area contributed by atoms with Gasteiger partial charge in [0.05, 0.1) is 5.54 Å². The van der Waals surface area contributed by atoms with Crippen LogP contribution in [-0.4, -0.2) is 48.6 Å². The summed E-state index contributed by atoms with van der Waals surface area (Å²) in [5, 5.41) is 3.10. The van der Waals surface area contributed by atoms with Crippen LogP contribution >= 0.6 is 0 Å². The van der Waals surface area contributed by atoms with Gasteiger partial charge in [0, 0.05) is 18.6 Å². The van der Waals surface area contributed by atoms with Gasteiger partial charge in [-0.25, -0.2) is 9.18 Å². The van der Waals surface area contributed by atoms with Crippen molar-refractivity contribution >= 4 is 6.03 Å². The molecule has 0 unspecified atom stereocenters. The first-order chi connectivity index (χ1) is 12.5. The van der Waals surface area contributed by atoms with E-state index in [-0.39, 0.29) is 22.9 Å². The molecule has 2 aliphatic carbocycles. The number of urea groups is 1. The normalized spacial score (nSPS) is 32.2. The van der Waals surface area contributed by atoms with Gasteiger partial charge in [0.15, 0.2) is 0 Å². The summed E-state index contributed by atoms with van der Waals surface area (Å²) in [6.45, 7) is 1.66. The number of carbonyl (C=O) groups excluding carboxylic acids is 1. The Morgan fingerprint density at radius 1 is 1.23 bits per heavy atom. The molecular weight excluding hydrogens is 329 g/mol. The summed E-state index contributed by atoms with van der Waals surface area (Å²) in [6, 6.07) is 7.16. The van der Waals surface area contributed by atoms with Gasteiger partial charge in [-0.2, -0.15) is 0 Å². The van der Waals surface area contributed by atoms with E-state index in [1.54, 1.807) is 6.07 Å². The highest BCUT2D eigenvalue weighted by atomic mass is 19.1. The predicted octanol–water partition coefficient (Wildman–Crippen LogP) is 3.72. The Kier molecular flexibility index (Phi) is 4.46. The molecule has 26 heavy (non-hydrogen) atoms. The summed E-state index contributed by atoms with van der Waals surface area (Å²) in [5.74, 6) is 0.507. The molecular formula is C21H30FN3O. The predicted molar refractivity (Wildman–Crippen MR) is 100 cm³/mol. The van der Waals surface area contributed by atoms with E-state index < -0.39 is 0 Å². The molecule has 4 nitrogen and oxygen atoms in total. The molecule has 1 aliphatic heterocycles. The molecule has 5 heteroatoms. The summed E-state index contributed by atoms with van der Waals surface area (Å²) < 4.78 is 13.9. The number of hydrogen-bond acceptors (Lipinski definition) is 2. The third-order valence-corrected chi connectivity index (χ3v) is 7.28. The maximum atomic E-state index is 13.9. The number of rotatable bonds is 4. The van der Waals surface area contributed by atoms with Gasteiger partial charge >= 0.3 is 6.03 Å². The highest BCUT2D eigenvalue weighted by molar-refractivity contribution is 5.78. The Morgan fingerprint density at radius 2 is 1.96 bits per heavy atom. The van der Waals surface area contributed by atoms with Crippen molar-refractivity contribution in [2.75, 3.05) is 27.2 Å². The van der Waals surface area contributed by atoms with E-state index in [0.29, 0.717) is 5.92 Å². The average molecular weight is 359 g/mol. The van der Waals surface area contributed by atoms with E-state index in [9.17, 15) is 9.18 Å². The molecule has 3 aliphatic rings. The van der Waals surface area contributed by atoms with Crippen molar-refractivity contribution in [2.24, 2.45) is 5.92 Å². The number of benzene rings is 1. The summed E-state index contributed by atoms with van der Waals surface area (Å²) in [4.78, 5) is 16.9. The Hall–Kier alpha value is -1.62. The Labute approximate surface area is 155 Å². The van der Waals surface area contributed by atoms with Crippen molar-refractivity contribution < 1.29 is 9.18 Å². The van der Waals surface area contributed by atoms with Crippen molar-refractivity contribution in [1.82, 2.24) is 15.1 Å². The molecule has 0 aromatic heterocycles. The molecule has 4 rings (SSSR count). The van der Waals surface area contributed by atoms with E-state index in [4.69, 9.17) is 0 Å². The lowest BCUT2D eigenvalue weighted by Crippen LogP contribution is -2.56. The lowest BCUT2D eigenvalue weighted by molar-refractivity contribution is 0.0169. The van der Waals surface area contributed by atoms with Gasteiger partial charge in [-0.3, -0.25) is 4.90 Å². The maximum Gasteiger partial charge on any atom is 0.318 e. The van der Waals surface area contributed by atoms with Crippen molar-refractivity contribution in [3.8, 4) is 0 Å². The summed E-state index contributed by atoms with van der Waals surface area (Å²) in [5.41, 5.74) is 0.848. The van der Waals surface area contributed by atoms with Gasteiger partial charge in [-0.1, -0.05) is 18.6 Å². The maximum absolute atomic E-state index is 13.9. The molecule has 1 aromatic rings. The quantitative estimate of drug-likeness (QED) is 0.889. The van der Waals surface area contributed by atoms with Crippen LogP contribution in [0.15, 0.2) is 24.3 Å². The minimum Gasteiger partial charge on any atom is -0.336 e. The number of halogens is 1. The zero-order valence-corrected chi connectivity index (χ0v) is 15.9. The fraction of sp³-hybridized carbons (Fsp3) is 0.667. The topological polar surface area (TPSA) is 35.6 Å². The summed E-state index contributed by atoms with van der Waals surface area (Å²) >= 11 is 0. The van der Waals surface area contributed by atoms with Gasteiger partial charge in [0.1, 0.15) is 5.82 Å². The largest absolute Gasteiger partial charge is 0.336 e. The molecule has 1 N–H and O–H groups in total. The molecule has 2 amide bonds. The molecule has 0 atom stereocenters. The van der Waals surface area contributed by atoms with Crippen molar-refractivity contribution in [3.05, 3.63) is 35.6 Å². The van der Waals surface area contributed by atoms with Crippen LogP contribution in [0.2, 0.25) is 0 Å². The lowest BCUT2D eigenvalue weighted by Gasteiger charge is -2.51. The molecule has 2 saturated carbocycles. The molecule has 3 fully saturated rings. The number of hydrogen-bond donors (Lipinski definition) is 1. The Balaban J connectivity index is 1.56. The van der Waals surface area contributed by atoms with Gasteiger partial charge in [-0.15, -0.1) is 0 Å². The monoisotopic (exact) mass is 359 g/mol. The molecule has 1 saturated heterocycles. The number of carbonyl (C=O) groups is 1. The molecule has 1 heterocycles. The summed E-state index contributed by atoms with van der Waals surface area (Å²) in [7, 11) is 4.18. The first-order valence-electron chi connectivity index (χ1n) is 9.94. The van der Waals surface area contributed by atoms with E-state index in [1.807, 2.05) is 12.1 Å². The smallest absolute Gasteiger partial charge is 0.318 e. The van der Waals surface area contributed by atoms with E-state index in [2.05, 4.69) is 29.2 Å². The summed E-state index contributed by atoms with van der Waals surface area (Å²) in [6.07, 6.45) is 7.63. The second-order valence-electron chi connectivity index (χ2n) is 8.73. The molecule has 1 aromatic carbocycles. The van der Waals surface area contributed by atoms with Crippen LogP contribution in [-0.2, 0) is 5.54 Å². The highest BCUT2D eigenvalue weighted by Crippen LogP contribution is 2.48. The first kappa shape index (κ1) is 17.8. The minimum atomic E-state index is -0.173. The van der Waals surface area contributed by atoms with Gasteiger partial charge in [0.2, 0.25) is 0 Å². The van der Waals surface area contributed by atoms with E-state index >= 15 is 0 Å². The van der Waals surface area contributed by atoms with Crippen LogP contribution in [0.1, 0.15) is 50.5 Å². The third-order valence-electron chi connectivity index (χ3n) is 7.28. The number of nitrogens with one attached hydrogen (secondary N) is 1. The van der Waals surface area contributed by atoms with Gasteiger partial charge in [-0.05, 0) is 76.2 Å². The Morgan fingerprint density at radius 3 is 2.54 bits per heavy atom. The average Bonchev–Trinajstić information content (AvgIpc) is 2.88. The standard InChI is InChI=1S/C21H30FN3O/c1-24(2)21(17-7-4-8-18(22)13-17)11-9-20(10-12-21)15-23-19(26)25(20)14-16-5-3-6-16/h4,7-8,13,16H,3,5-6,9-12,14-15H2,1-2H3,(H,23,26). The zero-order valence-electron chi connectivity index (χ0n) is 15.9. The van der Waals surface area contributed by atoms with Gasteiger partial charge in [0.25, 0.3) is 0 Å². The fourth-order valence-electron chi connectivity index (χ4n) is 5.20. The first-order valence-corrected chi connectivity index (χ1v) is 9.94. The molecule has 1 spiro atoms. The van der Waals surface area contributed by atoms with Crippen molar-refractivity contribution in [3.63, 3.8) is 0 Å².